The standard InChI is InChI=1S/C15H12BrCl2NO2/c1-21-15(20)14(9-6-7-11(17)12(18)8-9)19-13-5-3-2-4-10(13)16/h2-8,14,19H,1H3. The summed E-state index contributed by atoms with van der Waals surface area (Å²) in [5, 5.41) is 3.96. The van der Waals surface area contributed by atoms with Gasteiger partial charge in [0.25, 0.3) is 0 Å². The van der Waals surface area contributed by atoms with Crippen LogP contribution >= 0.6 is 39.1 Å². The molecule has 0 amide bonds. The maximum absolute atomic E-state index is 12.0. The van der Waals surface area contributed by atoms with E-state index in [9.17, 15) is 4.79 Å². The number of ether oxygens (including phenoxy) is 1. The first-order valence-electron chi connectivity index (χ1n) is 6.06. The third-order valence-electron chi connectivity index (χ3n) is 2.89. The van der Waals surface area contributed by atoms with E-state index in [2.05, 4.69) is 21.2 Å². The monoisotopic (exact) mass is 387 g/mol. The normalized spacial score (nSPS) is 11.8. The molecule has 0 aliphatic heterocycles. The first kappa shape index (κ1) is 16.1. The van der Waals surface area contributed by atoms with Crippen molar-refractivity contribution in [1.82, 2.24) is 0 Å². The molecule has 1 atom stereocenters. The van der Waals surface area contributed by atoms with E-state index in [1.165, 1.54) is 7.11 Å². The van der Waals surface area contributed by atoms with Gasteiger partial charge in [-0.1, -0.05) is 41.4 Å². The zero-order valence-electron chi connectivity index (χ0n) is 11.1. The average molecular weight is 389 g/mol. The van der Waals surface area contributed by atoms with Gasteiger partial charge in [0, 0.05) is 10.2 Å². The molecule has 0 heterocycles. The van der Waals surface area contributed by atoms with Crippen molar-refractivity contribution in [1.29, 1.82) is 0 Å². The average Bonchev–Trinajstić information content (AvgIpc) is 2.48. The van der Waals surface area contributed by atoms with E-state index in [-0.39, 0.29) is 0 Å². The van der Waals surface area contributed by atoms with Crippen LogP contribution in [0.25, 0.3) is 0 Å². The van der Waals surface area contributed by atoms with Crippen LogP contribution in [-0.2, 0) is 9.53 Å². The molecule has 0 aromatic heterocycles. The number of para-hydroxylation sites is 1. The Balaban J connectivity index is 2.37. The molecule has 2 rings (SSSR count). The van der Waals surface area contributed by atoms with Crippen LogP contribution < -0.4 is 5.32 Å². The number of carbonyl (C=O) groups is 1. The van der Waals surface area contributed by atoms with Crippen molar-refractivity contribution in [3.05, 3.63) is 62.5 Å². The number of carbonyl (C=O) groups excluding carboxylic acids is 1. The molecule has 3 nitrogen and oxygen atoms in total. The molecule has 0 fully saturated rings. The van der Waals surface area contributed by atoms with E-state index in [0.29, 0.717) is 15.6 Å². The van der Waals surface area contributed by atoms with E-state index < -0.39 is 12.0 Å². The molecular formula is C15H12BrCl2NO2. The first-order chi connectivity index (χ1) is 10.0. The Morgan fingerprint density at radius 1 is 1.19 bits per heavy atom. The van der Waals surface area contributed by atoms with Gasteiger partial charge in [0.2, 0.25) is 0 Å². The Labute approximate surface area is 141 Å². The lowest BCUT2D eigenvalue weighted by atomic mass is 10.1. The largest absolute Gasteiger partial charge is 0.467 e. The van der Waals surface area contributed by atoms with Crippen LogP contribution in [0.3, 0.4) is 0 Å². The van der Waals surface area contributed by atoms with Gasteiger partial charge < -0.3 is 10.1 Å². The number of esters is 1. The molecule has 1 N–H and O–H groups in total. The van der Waals surface area contributed by atoms with Crippen LogP contribution in [0.4, 0.5) is 5.69 Å². The van der Waals surface area contributed by atoms with E-state index in [1.54, 1.807) is 18.2 Å². The summed E-state index contributed by atoms with van der Waals surface area (Å²) < 4.78 is 5.70. The van der Waals surface area contributed by atoms with Crippen LogP contribution in [0.1, 0.15) is 11.6 Å². The summed E-state index contributed by atoms with van der Waals surface area (Å²) >= 11 is 15.4. The number of rotatable bonds is 4. The lowest BCUT2D eigenvalue weighted by Gasteiger charge is -2.19. The number of benzene rings is 2. The van der Waals surface area contributed by atoms with Gasteiger partial charge in [0.1, 0.15) is 0 Å². The molecule has 0 aliphatic rings. The molecular weight excluding hydrogens is 377 g/mol. The number of methoxy groups -OCH3 is 1. The van der Waals surface area contributed by atoms with E-state index in [1.807, 2.05) is 24.3 Å². The number of halogens is 3. The molecule has 0 spiro atoms. The molecule has 0 aliphatic carbocycles. The Bertz CT molecular complexity index is 664. The van der Waals surface area contributed by atoms with E-state index >= 15 is 0 Å². The molecule has 2 aromatic rings. The molecule has 21 heavy (non-hydrogen) atoms. The smallest absolute Gasteiger partial charge is 0.332 e. The second-order valence-electron chi connectivity index (χ2n) is 4.25. The predicted molar refractivity (Wildman–Crippen MR) is 89.0 cm³/mol. The minimum absolute atomic E-state index is 0.386. The van der Waals surface area contributed by atoms with Gasteiger partial charge in [0.05, 0.1) is 17.2 Å². The van der Waals surface area contributed by atoms with Crippen LogP contribution in [0.5, 0.6) is 0 Å². The zero-order valence-corrected chi connectivity index (χ0v) is 14.2. The summed E-state index contributed by atoms with van der Waals surface area (Å²) in [6, 6.07) is 11.9. The minimum Gasteiger partial charge on any atom is -0.467 e. The van der Waals surface area contributed by atoms with Gasteiger partial charge in [-0.3, -0.25) is 0 Å². The summed E-state index contributed by atoms with van der Waals surface area (Å²) in [4.78, 5) is 12.0. The van der Waals surface area contributed by atoms with Crippen LogP contribution in [0, 0.1) is 0 Å². The SMILES string of the molecule is COC(=O)C(Nc1ccccc1Br)c1ccc(Cl)c(Cl)c1. The van der Waals surface area contributed by atoms with Crippen molar-refractivity contribution >= 4 is 50.8 Å². The molecule has 0 saturated carbocycles. The summed E-state index contributed by atoms with van der Waals surface area (Å²) in [7, 11) is 1.34. The lowest BCUT2D eigenvalue weighted by molar-refractivity contribution is -0.141. The number of nitrogens with one attached hydrogen (secondary N) is 1. The van der Waals surface area contributed by atoms with Crippen LogP contribution in [0.2, 0.25) is 10.0 Å². The third kappa shape index (κ3) is 3.90. The second kappa shape index (κ2) is 7.16. The number of anilines is 1. The van der Waals surface area contributed by atoms with Crippen molar-refractivity contribution < 1.29 is 9.53 Å². The molecule has 0 bridgehead atoms. The van der Waals surface area contributed by atoms with Gasteiger partial charge in [-0.15, -0.1) is 0 Å². The molecule has 0 radical (unpaired) electrons. The quantitative estimate of drug-likeness (QED) is 0.742. The Morgan fingerprint density at radius 2 is 1.90 bits per heavy atom. The maximum atomic E-state index is 12.0. The Morgan fingerprint density at radius 3 is 2.52 bits per heavy atom. The lowest BCUT2D eigenvalue weighted by Crippen LogP contribution is -2.22. The topological polar surface area (TPSA) is 38.3 Å². The number of hydrogen-bond donors (Lipinski definition) is 1. The fraction of sp³-hybridized carbons (Fsp3) is 0.133. The highest BCUT2D eigenvalue weighted by molar-refractivity contribution is 9.10. The molecule has 1 unspecified atom stereocenters. The molecule has 6 heteroatoms. The predicted octanol–water partition coefficient (Wildman–Crippen LogP) is 5.08. The van der Waals surface area contributed by atoms with E-state index in [0.717, 1.165) is 10.2 Å². The fourth-order valence-electron chi connectivity index (χ4n) is 1.82. The van der Waals surface area contributed by atoms with Gasteiger partial charge >= 0.3 is 5.97 Å². The van der Waals surface area contributed by atoms with Gasteiger partial charge in [-0.2, -0.15) is 0 Å². The highest BCUT2D eigenvalue weighted by Crippen LogP contribution is 2.30. The fourth-order valence-corrected chi connectivity index (χ4v) is 2.53. The van der Waals surface area contributed by atoms with Crippen LogP contribution in [-0.4, -0.2) is 13.1 Å². The van der Waals surface area contributed by atoms with Crippen molar-refractivity contribution in [3.8, 4) is 0 Å². The van der Waals surface area contributed by atoms with E-state index in [4.69, 9.17) is 27.9 Å². The van der Waals surface area contributed by atoms with Crippen molar-refractivity contribution in [2.24, 2.45) is 0 Å². The van der Waals surface area contributed by atoms with Gasteiger partial charge in [0.15, 0.2) is 6.04 Å². The molecule has 2 aromatic carbocycles. The maximum Gasteiger partial charge on any atom is 0.332 e. The zero-order chi connectivity index (χ0) is 15.4. The molecule has 0 saturated heterocycles. The van der Waals surface area contributed by atoms with Crippen LogP contribution in [0.15, 0.2) is 46.9 Å². The summed E-state index contributed by atoms with van der Waals surface area (Å²) in [6.07, 6.45) is 0. The van der Waals surface area contributed by atoms with Gasteiger partial charge in [-0.25, -0.2) is 4.79 Å². The highest BCUT2D eigenvalue weighted by Gasteiger charge is 2.22. The second-order valence-corrected chi connectivity index (χ2v) is 5.92. The van der Waals surface area contributed by atoms with Crippen molar-refractivity contribution in [3.63, 3.8) is 0 Å². The minimum atomic E-state index is -0.677. The highest BCUT2D eigenvalue weighted by atomic mass is 79.9. The Kier molecular flexibility index (Phi) is 5.51. The molecule has 110 valence electrons. The first-order valence-corrected chi connectivity index (χ1v) is 7.61. The van der Waals surface area contributed by atoms with Gasteiger partial charge in [-0.05, 0) is 45.8 Å². The summed E-state index contributed by atoms with van der Waals surface area (Å²) in [5.41, 5.74) is 1.45. The van der Waals surface area contributed by atoms with Crippen molar-refractivity contribution in [2.75, 3.05) is 12.4 Å². The summed E-state index contributed by atoms with van der Waals surface area (Å²) in [5.74, 6) is -0.413. The summed E-state index contributed by atoms with van der Waals surface area (Å²) in [6.45, 7) is 0. The third-order valence-corrected chi connectivity index (χ3v) is 4.32. The number of hydrogen-bond acceptors (Lipinski definition) is 3. The Hall–Kier alpha value is -1.23. The van der Waals surface area contributed by atoms with Crippen molar-refractivity contribution in [2.45, 2.75) is 6.04 Å².